The van der Waals surface area contributed by atoms with Gasteiger partial charge in [0.1, 0.15) is 11.9 Å². The van der Waals surface area contributed by atoms with Crippen LogP contribution in [0.3, 0.4) is 0 Å². The van der Waals surface area contributed by atoms with Crippen LogP contribution >= 0.6 is 0 Å². The number of morpholine rings is 1. The van der Waals surface area contributed by atoms with Gasteiger partial charge >= 0.3 is 0 Å². The number of ether oxygens (including phenoxy) is 1. The normalized spacial score (nSPS) is 19.2. The van der Waals surface area contributed by atoms with E-state index in [1.54, 1.807) is 6.20 Å². The van der Waals surface area contributed by atoms with Gasteiger partial charge in [-0.15, -0.1) is 0 Å². The molecule has 1 unspecified atom stereocenters. The zero-order valence-electron chi connectivity index (χ0n) is 15.4. The lowest BCUT2D eigenvalue weighted by Crippen LogP contribution is -2.49. The van der Waals surface area contributed by atoms with Gasteiger partial charge in [0.15, 0.2) is 0 Å². The fraction of sp³-hybridized carbons (Fsp3) is 0.632. The van der Waals surface area contributed by atoms with Gasteiger partial charge in [-0.05, 0) is 24.8 Å². The first kappa shape index (κ1) is 18.6. The molecule has 0 aromatic carbocycles. The van der Waals surface area contributed by atoms with Crippen LogP contribution in [0.4, 0.5) is 5.82 Å². The van der Waals surface area contributed by atoms with Crippen molar-refractivity contribution in [2.24, 2.45) is 5.92 Å². The van der Waals surface area contributed by atoms with E-state index < -0.39 is 6.04 Å². The summed E-state index contributed by atoms with van der Waals surface area (Å²) in [5.41, 5.74) is 0.982. The molecule has 1 aliphatic carbocycles. The summed E-state index contributed by atoms with van der Waals surface area (Å²) >= 11 is 0. The van der Waals surface area contributed by atoms with Gasteiger partial charge in [-0.3, -0.25) is 9.59 Å². The smallest absolute Gasteiger partial charge is 0.243 e. The second-order valence-corrected chi connectivity index (χ2v) is 7.03. The van der Waals surface area contributed by atoms with Crippen LogP contribution in [0.1, 0.15) is 38.2 Å². The average molecular weight is 360 g/mol. The van der Waals surface area contributed by atoms with Gasteiger partial charge in [0.25, 0.3) is 0 Å². The number of nitrogens with zero attached hydrogens (tertiary/aromatic N) is 2. The molecular weight excluding hydrogens is 332 g/mol. The number of carbonyl (C=O) groups excluding carboxylic acids is 2. The Morgan fingerprint density at radius 1 is 1.31 bits per heavy atom. The van der Waals surface area contributed by atoms with Gasteiger partial charge in [-0.2, -0.15) is 0 Å². The van der Waals surface area contributed by atoms with E-state index in [9.17, 15) is 9.59 Å². The molecule has 2 fully saturated rings. The Labute approximate surface area is 154 Å². The molecule has 142 valence electrons. The number of pyridine rings is 1. The number of amides is 2. The lowest BCUT2D eigenvalue weighted by molar-refractivity contribution is -0.129. The summed E-state index contributed by atoms with van der Waals surface area (Å²) in [4.78, 5) is 31.0. The van der Waals surface area contributed by atoms with Gasteiger partial charge in [0, 0.05) is 38.3 Å². The molecule has 1 aromatic rings. The number of nitrogens with one attached hydrogen (secondary N) is 2. The van der Waals surface area contributed by atoms with Gasteiger partial charge in [-0.1, -0.05) is 18.9 Å². The zero-order chi connectivity index (χ0) is 18.4. The molecule has 0 radical (unpaired) electrons. The van der Waals surface area contributed by atoms with Crippen LogP contribution in [0.15, 0.2) is 18.3 Å². The molecule has 1 saturated carbocycles. The molecule has 2 heterocycles. The van der Waals surface area contributed by atoms with Crippen molar-refractivity contribution in [1.82, 2.24) is 15.6 Å². The quantitative estimate of drug-likeness (QED) is 0.797. The minimum absolute atomic E-state index is 0.108. The van der Waals surface area contributed by atoms with Gasteiger partial charge in [-0.25, -0.2) is 4.98 Å². The second-order valence-electron chi connectivity index (χ2n) is 7.03. The molecule has 0 spiro atoms. The fourth-order valence-electron chi connectivity index (χ4n) is 3.83. The van der Waals surface area contributed by atoms with Gasteiger partial charge in [0.05, 0.1) is 13.2 Å². The predicted molar refractivity (Wildman–Crippen MR) is 98.7 cm³/mol. The monoisotopic (exact) mass is 360 g/mol. The number of rotatable bonds is 6. The lowest BCUT2D eigenvalue weighted by Gasteiger charge is -2.29. The molecule has 0 bridgehead atoms. The SMILES string of the molecule is CC(=O)NC(C(=O)NCc1cccnc1N1CCOCC1)C1CCCC1. The van der Waals surface area contributed by atoms with E-state index in [-0.39, 0.29) is 17.7 Å². The van der Waals surface area contributed by atoms with Crippen LogP contribution in [-0.4, -0.2) is 49.1 Å². The van der Waals surface area contributed by atoms with E-state index >= 15 is 0 Å². The van der Waals surface area contributed by atoms with Gasteiger partial charge < -0.3 is 20.3 Å². The zero-order valence-corrected chi connectivity index (χ0v) is 15.4. The summed E-state index contributed by atoms with van der Waals surface area (Å²) in [6, 6.07) is 3.42. The molecule has 26 heavy (non-hydrogen) atoms. The Morgan fingerprint density at radius 3 is 2.73 bits per heavy atom. The highest BCUT2D eigenvalue weighted by atomic mass is 16.5. The van der Waals surface area contributed by atoms with Crippen molar-refractivity contribution in [3.05, 3.63) is 23.9 Å². The Hall–Kier alpha value is -2.15. The van der Waals surface area contributed by atoms with Gasteiger partial charge in [0.2, 0.25) is 11.8 Å². The first-order valence-corrected chi connectivity index (χ1v) is 9.46. The molecule has 2 N–H and O–H groups in total. The standard InChI is InChI=1S/C19H28N4O3/c1-14(24)22-17(15-5-2-3-6-15)19(25)21-13-16-7-4-8-20-18(16)23-9-11-26-12-10-23/h4,7-8,15,17H,2-3,5-6,9-13H2,1H3,(H,21,25)(H,22,24). The van der Waals surface area contributed by atoms with Crippen molar-refractivity contribution in [3.8, 4) is 0 Å². The summed E-state index contributed by atoms with van der Waals surface area (Å²) in [6.07, 6.45) is 6.00. The van der Waals surface area contributed by atoms with Crippen molar-refractivity contribution in [1.29, 1.82) is 0 Å². The maximum Gasteiger partial charge on any atom is 0.243 e. The summed E-state index contributed by atoms with van der Waals surface area (Å²) in [5.74, 6) is 0.857. The van der Waals surface area contributed by atoms with E-state index in [0.717, 1.165) is 50.2 Å². The largest absolute Gasteiger partial charge is 0.378 e. The Balaban J connectivity index is 1.65. The van der Waals surface area contributed by atoms with Crippen LogP contribution < -0.4 is 15.5 Å². The summed E-state index contributed by atoms with van der Waals surface area (Å²) in [7, 11) is 0. The highest BCUT2D eigenvalue weighted by Crippen LogP contribution is 2.28. The molecule has 2 amide bonds. The summed E-state index contributed by atoms with van der Waals surface area (Å²) in [6.45, 7) is 4.85. The minimum atomic E-state index is -0.446. The van der Waals surface area contributed by atoms with Crippen molar-refractivity contribution >= 4 is 17.6 Å². The van der Waals surface area contributed by atoms with Crippen LogP contribution in [0, 0.1) is 5.92 Å². The van der Waals surface area contributed by atoms with Crippen LogP contribution in [0.25, 0.3) is 0 Å². The number of anilines is 1. The molecule has 1 saturated heterocycles. The van der Waals surface area contributed by atoms with Crippen molar-refractivity contribution in [3.63, 3.8) is 0 Å². The first-order valence-electron chi connectivity index (χ1n) is 9.46. The van der Waals surface area contributed by atoms with Crippen molar-refractivity contribution < 1.29 is 14.3 Å². The fourth-order valence-corrected chi connectivity index (χ4v) is 3.83. The third-order valence-corrected chi connectivity index (χ3v) is 5.14. The topological polar surface area (TPSA) is 83.6 Å². The van der Waals surface area contributed by atoms with E-state index in [1.807, 2.05) is 12.1 Å². The lowest BCUT2D eigenvalue weighted by atomic mass is 9.97. The number of carbonyl (C=O) groups is 2. The minimum Gasteiger partial charge on any atom is -0.378 e. The predicted octanol–water partition coefficient (Wildman–Crippen LogP) is 1.23. The van der Waals surface area contributed by atoms with Crippen molar-refractivity contribution in [2.45, 2.75) is 45.2 Å². The van der Waals surface area contributed by atoms with E-state index in [4.69, 9.17) is 4.74 Å². The maximum atomic E-state index is 12.7. The molecule has 7 heteroatoms. The Morgan fingerprint density at radius 2 is 2.04 bits per heavy atom. The molecule has 1 aliphatic heterocycles. The molecule has 1 aromatic heterocycles. The van der Waals surface area contributed by atoms with E-state index in [0.29, 0.717) is 19.8 Å². The van der Waals surface area contributed by atoms with E-state index in [1.165, 1.54) is 6.92 Å². The maximum absolute atomic E-state index is 12.7. The third-order valence-electron chi connectivity index (χ3n) is 5.14. The molecular formula is C19H28N4O3. The molecule has 2 aliphatic rings. The Bertz CT molecular complexity index is 625. The third kappa shape index (κ3) is 4.72. The Kier molecular flexibility index (Phi) is 6.44. The highest BCUT2D eigenvalue weighted by Gasteiger charge is 2.31. The number of hydrogen-bond donors (Lipinski definition) is 2. The summed E-state index contributed by atoms with van der Waals surface area (Å²) < 4.78 is 5.41. The average Bonchev–Trinajstić information content (AvgIpc) is 3.19. The van der Waals surface area contributed by atoms with Crippen LogP contribution in [0.5, 0.6) is 0 Å². The van der Waals surface area contributed by atoms with Crippen LogP contribution in [0.2, 0.25) is 0 Å². The van der Waals surface area contributed by atoms with Crippen LogP contribution in [-0.2, 0) is 20.9 Å². The van der Waals surface area contributed by atoms with E-state index in [2.05, 4.69) is 20.5 Å². The second kappa shape index (κ2) is 8.98. The highest BCUT2D eigenvalue weighted by molar-refractivity contribution is 5.87. The number of hydrogen-bond acceptors (Lipinski definition) is 5. The van der Waals surface area contributed by atoms with Crippen molar-refractivity contribution in [2.75, 3.05) is 31.2 Å². The molecule has 3 rings (SSSR count). The number of aromatic nitrogens is 1. The summed E-state index contributed by atoms with van der Waals surface area (Å²) in [5, 5.41) is 5.85. The first-order chi connectivity index (χ1) is 12.6. The molecule has 7 nitrogen and oxygen atoms in total. The molecule has 1 atom stereocenters.